The number of aryl methyl sites for hydroxylation is 1. The molecule has 1 heterocycles. The molecule has 0 fully saturated rings. The smallest absolute Gasteiger partial charge is 0.160 e. The van der Waals surface area contributed by atoms with Gasteiger partial charge in [0.2, 0.25) is 0 Å². The van der Waals surface area contributed by atoms with Crippen LogP contribution < -0.4 is 5.73 Å². The van der Waals surface area contributed by atoms with Gasteiger partial charge in [-0.05, 0) is 35.0 Å². The van der Waals surface area contributed by atoms with Crippen LogP contribution in [0.4, 0.5) is 5.69 Å². The van der Waals surface area contributed by atoms with Crippen molar-refractivity contribution in [2.24, 2.45) is 0 Å². The zero-order valence-electron chi connectivity index (χ0n) is 8.61. The number of anilines is 1. The van der Waals surface area contributed by atoms with Crippen LogP contribution in [0.25, 0.3) is 11.4 Å². The van der Waals surface area contributed by atoms with Gasteiger partial charge in [0, 0.05) is 21.1 Å². The van der Waals surface area contributed by atoms with E-state index in [9.17, 15) is 0 Å². The summed E-state index contributed by atoms with van der Waals surface area (Å²) >= 11 is 6.85. The van der Waals surface area contributed by atoms with Gasteiger partial charge in [0.05, 0.1) is 5.69 Å². The summed E-state index contributed by atoms with van der Waals surface area (Å²) in [5.74, 6) is 0.780. The molecule has 0 aliphatic heterocycles. The molecular formula is C10H10Br2N4. The zero-order valence-corrected chi connectivity index (χ0v) is 11.8. The van der Waals surface area contributed by atoms with E-state index < -0.39 is 0 Å². The minimum Gasteiger partial charge on any atom is -0.397 e. The zero-order chi connectivity index (χ0) is 11.7. The summed E-state index contributed by atoms with van der Waals surface area (Å²) in [6, 6.07) is 3.85. The first-order valence-electron chi connectivity index (χ1n) is 4.76. The van der Waals surface area contributed by atoms with Gasteiger partial charge in [-0.25, -0.2) is 9.67 Å². The van der Waals surface area contributed by atoms with Crippen molar-refractivity contribution >= 4 is 37.5 Å². The van der Waals surface area contributed by atoms with Gasteiger partial charge in [-0.3, -0.25) is 0 Å². The highest BCUT2D eigenvalue weighted by atomic mass is 79.9. The molecule has 0 saturated carbocycles. The Hall–Kier alpha value is -0.880. The van der Waals surface area contributed by atoms with E-state index in [0.717, 1.165) is 26.9 Å². The molecule has 0 amide bonds. The largest absolute Gasteiger partial charge is 0.397 e. The molecule has 0 atom stereocenters. The summed E-state index contributed by atoms with van der Waals surface area (Å²) in [6.45, 7) is 2.78. The van der Waals surface area contributed by atoms with Crippen LogP contribution in [0, 0.1) is 0 Å². The number of nitrogens with two attached hydrogens (primary N) is 1. The number of nitrogen functional groups attached to an aromatic ring is 1. The Kier molecular flexibility index (Phi) is 3.30. The predicted molar refractivity (Wildman–Crippen MR) is 70.9 cm³/mol. The molecule has 2 N–H and O–H groups in total. The average Bonchev–Trinajstić information content (AvgIpc) is 2.71. The maximum atomic E-state index is 6.02. The minimum absolute atomic E-state index is 0.672. The second-order valence-corrected chi connectivity index (χ2v) is 5.02. The van der Waals surface area contributed by atoms with Crippen LogP contribution in [-0.2, 0) is 6.54 Å². The molecular weight excluding hydrogens is 336 g/mol. The number of nitrogens with zero attached hydrogens (tertiary/aromatic N) is 3. The Labute approximate surface area is 110 Å². The van der Waals surface area contributed by atoms with Gasteiger partial charge in [0.15, 0.2) is 5.82 Å². The van der Waals surface area contributed by atoms with Gasteiger partial charge in [0.25, 0.3) is 0 Å². The topological polar surface area (TPSA) is 56.7 Å². The third kappa shape index (κ3) is 1.99. The first-order valence-corrected chi connectivity index (χ1v) is 6.34. The Morgan fingerprint density at radius 1 is 1.38 bits per heavy atom. The summed E-state index contributed by atoms with van der Waals surface area (Å²) in [5.41, 5.74) is 7.57. The van der Waals surface area contributed by atoms with Crippen molar-refractivity contribution < 1.29 is 0 Å². The van der Waals surface area contributed by atoms with E-state index in [0.29, 0.717) is 5.69 Å². The Bertz CT molecular complexity index is 522. The van der Waals surface area contributed by atoms with Crippen molar-refractivity contribution in [2.45, 2.75) is 13.5 Å². The van der Waals surface area contributed by atoms with Crippen LogP contribution in [-0.4, -0.2) is 14.8 Å². The molecule has 0 aliphatic rings. The van der Waals surface area contributed by atoms with E-state index in [2.05, 4.69) is 41.9 Å². The highest BCUT2D eigenvalue weighted by Crippen LogP contribution is 2.33. The normalized spacial score (nSPS) is 10.7. The van der Waals surface area contributed by atoms with E-state index in [1.165, 1.54) is 6.33 Å². The molecule has 0 bridgehead atoms. The number of hydrogen-bond donors (Lipinski definition) is 1. The third-order valence-electron chi connectivity index (χ3n) is 2.25. The summed E-state index contributed by atoms with van der Waals surface area (Å²) in [7, 11) is 0. The summed E-state index contributed by atoms with van der Waals surface area (Å²) < 4.78 is 3.61. The quantitative estimate of drug-likeness (QED) is 0.851. The molecule has 16 heavy (non-hydrogen) atoms. The van der Waals surface area contributed by atoms with E-state index in [1.54, 1.807) is 0 Å². The molecule has 1 aromatic heterocycles. The van der Waals surface area contributed by atoms with Gasteiger partial charge in [-0.2, -0.15) is 5.10 Å². The van der Waals surface area contributed by atoms with Gasteiger partial charge in [0.1, 0.15) is 6.33 Å². The molecule has 84 valence electrons. The predicted octanol–water partition coefficient (Wildman–Crippen LogP) is 3.07. The maximum Gasteiger partial charge on any atom is 0.160 e. The molecule has 0 radical (unpaired) electrons. The molecule has 2 rings (SSSR count). The van der Waals surface area contributed by atoms with Crippen LogP contribution in [0.15, 0.2) is 27.4 Å². The van der Waals surface area contributed by atoms with E-state index in [-0.39, 0.29) is 0 Å². The molecule has 0 aliphatic carbocycles. The number of benzene rings is 1. The fourth-order valence-corrected chi connectivity index (χ4v) is 2.70. The Morgan fingerprint density at radius 3 is 2.81 bits per heavy atom. The highest BCUT2D eigenvalue weighted by molar-refractivity contribution is 9.11. The van der Waals surface area contributed by atoms with E-state index in [4.69, 9.17) is 5.73 Å². The van der Waals surface area contributed by atoms with Gasteiger partial charge in [-0.15, -0.1) is 0 Å². The lowest BCUT2D eigenvalue weighted by molar-refractivity contribution is 0.666. The second-order valence-electron chi connectivity index (χ2n) is 3.25. The van der Waals surface area contributed by atoms with Crippen molar-refractivity contribution in [3.05, 3.63) is 27.4 Å². The van der Waals surface area contributed by atoms with Crippen LogP contribution in [0.2, 0.25) is 0 Å². The van der Waals surface area contributed by atoms with Crippen molar-refractivity contribution in [3.63, 3.8) is 0 Å². The molecule has 6 heteroatoms. The van der Waals surface area contributed by atoms with Crippen LogP contribution in [0.3, 0.4) is 0 Å². The molecule has 4 nitrogen and oxygen atoms in total. The maximum absolute atomic E-state index is 6.02. The number of halogens is 2. The Morgan fingerprint density at radius 2 is 2.12 bits per heavy atom. The lowest BCUT2D eigenvalue weighted by Gasteiger charge is -2.08. The van der Waals surface area contributed by atoms with Crippen molar-refractivity contribution in [1.82, 2.24) is 14.8 Å². The lowest BCUT2D eigenvalue weighted by atomic mass is 10.1. The first kappa shape index (κ1) is 11.6. The summed E-state index contributed by atoms with van der Waals surface area (Å²) in [4.78, 5) is 4.23. The number of aromatic nitrogens is 3. The summed E-state index contributed by atoms with van der Waals surface area (Å²) in [6.07, 6.45) is 1.53. The van der Waals surface area contributed by atoms with Crippen LogP contribution >= 0.6 is 31.9 Å². The van der Waals surface area contributed by atoms with Crippen molar-refractivity contribution in [3.8, 4) is 11.4 Å². The van der Waals surface area contributed by atoms with E-state index in [1.807, 2.05) is 23.7 Å². The Balaban J connectivity index is 2.64. The molecule has 0 saturated heterocycles. The van der Waals surface area contributed by atoms with Gasteiger partial charge < -0.3 is 5.73 Å². The fourth-order valence-electron chi connectivity index (χ4n) is 1.47. The minimum atomic E-state index is 0.672. The number of rotatable bonds is 2. The highest BCUT2D eigenvalue weighted by Gasteiger charge is 2.12. The second kappa shape index (κ2) is 4.55. The standard InChI is InChI=1S/C10H10Br2N4/c1-2-16-10(14-5-15-16)7-3-6(11)4-8(12)9(7)13/h3-5H,2,13H2,1H3. The van der Waals surface area contributed by atoms with Crippen LogP contribution in [0.5, 0.6) is 0 Å². The number of hydrogen-bond acceptors (Lipinski definition) is 3. The first-order chi connectivity index (χ1) is 7.63. The third-order valence-corrected chi connectivity index (χ3v) is 3.36. The molecule has 2 aromatic rings. The fraction of sp³-hybridized carbons (Fsp3) is 0.200. The molecule has 1 aromatic carbocycles. The summed E-state index contributed by atoms with van der Waals surface area (Å²) in [5, 5.41) is 4.13. The molecule has 0 spiro atoms. The van der Waals surface area contributed by atoms with E-state index >= 15 is 0 Å². The van der Waals surface area contributed by atoms with Crippen molar-refractivity contribution in [1.29, 1.82) is 0 Å². The lowest BCUT2D eigenvalue weighted by Crippen LogP contribution is -2.02. The average molecular weight is 346 g/mol. The van der Waals surface area contributed by atoms with Gasteiger partial charge in [-0.1, -0.05) is 15.9 Å². The van der Waals surface area contributed by atoms with Crippen molar-refractivity contribution in [2.75, 3.05) is 5.73 Å². The van der Waals surface area contributed by atoms with Gasteiger partial charge >= 0.3 is 0 Å². The SMILES string of the molecule is CCn1ncnc1-c1cc(Br)cc(Br)c1N. The monoisotopic (exact) mass is 344 g/mol. The molecule has 0 unspecified atom stereocenters. The van der Waals surface area contributed by atoms with Crippen LogP contribution in [0.1, 0.15) is 6.92 Å².